The Bertz CT molecular complexity index is 1250. The van der Waals surface area contributed by atoms with Crippen LogP contribution in [0.2, 0.25) is 5.02 Å². The molecule has 4 nitrogen and oxygen atoms in total. The first-order valence-corrected chi connectivity index (χ1v) is 11.6. The van der Waals surface area contributed by atoms with Gasteiger partial charge in [0.15, 0.2) is 5.16 Å². The standard InChI is InChI=1S/C25H22ClN3OS/c1-17(24(30)28-14-13-19-9-5-6-10-22(19)28)31-25-27-21-15-20(26)11-12-23(21)29(25)16-18-7-3-2-4-8-18/h2-12,15,17H,13-14,16H2,1H3. The van der Waals surface area contributed by atoms with Gasteiger partial charge in [-0.2, -0.15) is 0 Å². The number of hydrogen-bond donors (Lipinski definition) is 0. The largest absolute Gasteiger partial charge is 0.314 e. The molecule has 6 heteroatoms. The monoisotopic (exact) mass is 447 g/mol. The van der Waals surface area contributed by atoms with E-state index in [0.29, 0.717) is 11.6 Å². The topological polar surface area (TPSA) is 38.1 Å². The van der Waals surface area contributed by atoms with Crippen LogP contribution < -0.4 is 4.90 Å². The number of benzene rings is 3. The first-order valence-electron chi connectivity index (χ1n) is 10.4. The van der Waals surface area contributed by atoms with Gasteiger partial charge >= 0.3 is 0 Å². The lowest BCUT2D eigenvalue weighted by Crippen LogP contribution is -2.35. The van der Waals surface area contributed by atoms with Crippen LogP contribution in [-0.4, -0.2) is 27.3 Å². The summed E-state index contributed by atoms with van der Waals surface area (Å²) in [5, 5.41) is 1.23. The molecule has 1 atom stereocenters. The molecule has 1 aliphatic rings. The van der Waals surface area contributed by atoms with Crippen LogP contribution >= 0.6 is 23.4 Å². The van der Waals surface area contributed by atoms with Gasteiger partial charge < -0.3 is 9.47 Å². The smallest absolute Gasteiger partial charge is 0.240 e. The summed E-state index contributed by atoms with van der Waals surface area (Å²) in [5.74, 6) is 0.117. The van der Waals surface area contributed by atoms with E-state index < -0.39 is 0 Å². The first-order chi connectivity index (χ1) is 15.1. The molecular formula is C25H22ClN3OS. The second-order valence-electron chi connectivity index (χ2n) is 7.73. The SMILES string of the molecule is CC(Sc1nc2cc(Cl)ccc2n1Cc1ccccc1)C(=O)N1CCc2ccccc21. The van der Waals surface area contributed by atoms with Gasteiger partial charge in [-0.25, -0.2) is 4.98 Å². The first kappa shape index (κ1) is 20.2. The second kappa shape index (κ2) is 8.40. The number of anilines is 1. The highest BCUT2D eigenvalue weighted by atomic mass is 35.5. The normalized spacial score (nSPS) is 14.1. The van der Waals surface area contributed by atoms with Gasteiger partial charge in [0.1, 0.15) is 0 Å². The van der Waals surface area contributed by atoms with Gasteiger partial charge in [0.2, 0.25) is 5.91 Å². The predicted molar refractivity (Wildman–Crippen MR) is 128 cm³/mol. The Labute approximate surface area is 190 Å². The van der Waals surface area contributed by atoms with Gasteiger partial charge in [-0.15, -0.1) is 0 Å². The third-order valence-electron chi connectivity index (χ3n) is 5.64. The van der Waals surface area contributed by atoms with E-state index in [1.807, 2.05) is 66.4 Å². The molecule has 0 spiro atoms. The van der Waals surface area contributed by atoms with Gasteiger partial charge in [-0.1, -0.05) is 71.9 Å². The third kappa shape index (κ3) is 3.95. The van der Waals surface area contributed by atoms with Crippen LogP contribution in [0, 0.1) is 0 Å². The van der Waals surface area contributed by atoms with Gasteiger partial charge in [-0.05, 0) is 48.7 Å². The Hall–Kier alpha value is -2.76. The highest BCUT2D eigenvalue weighted by Gasteiger charge is 2.29. The van der Waals surface area contributed by atoms with E-state index in [-0.39, 0.29) is 11.2 Å². The number of carbonyl (C=O) groups is 1. The molecule has 1 aliphatic heterocycles. The van der Waals surface area contributed by atoms with E-state index in [0.717, 1.165) is 34.8 Å². The molecule has 5 rings (SSSR count). The lowest BCUT2D eigenvalue weighted by molar-refractivity contribution is -0.117. The summed E-state index contributed by atoms with van der Waals surface area (Å²) in [6.45, 7) is 3.39. The van der Waals surface area contributed by atoms with Crippen LogP contribution in [-0.2, 0) is 17.8 Å². The van der Waals surface area contributed by atoms with E-state index in [9.17, 15) is 4.79 Å². The molecule has 2 heterocycles. The molecule has 0 N–H and O–H groups in total. The number of carbonyl (C=O) groups excluding carboxylic acids is 1. The molecule has 1 unspecified atom stereocenters. The number of thioether (sulfide) groups is 1. The van der Waals surface area contributed by atoms with Crippen molar-refractivity contribution in [1.82, 2.24) is 9.55 Å². The summed E-state index contributed by atoms with van der Waals surface area (Å²) in [4.78, 5) is 20.0. The minimum Gasteiger partial charge on any atom is -0.314 e. The van der Waals surface area contributed by atoms with Gasteiger partial charge in [0, 0.05) is 17.3 Å². The number of para-hydroxylation sites is 1. The summed E-state index contributed by atoms with van der Waals surface area (Å²) in [6, 6.07) is 24.2. The van der Waals surface area contributed by atoms with Crippen molar-refractivity contribution in [2.24, 2.45) is 0 Å². The number of imidazole rings is 1. The van der Waals surface area contributed by atoms with Crippen molar-refractivity contribution in [3.05, 3.63) is 88.9 Å². The van der Waals surface area contributed by atoms with Crippen molar-refractivity contribution >= 4 is 46.0 Å². The number of fused-ring (bicyclic) bond motifs is 2. The van der Waals surface area contributed by atoms with Crippen molar-refractivity contribution < 1.29 is 4.79 Å². The molecule has 0 fully saturated rings. The van der Waals surface area contributed by atoms with Crippen molar-refractivity contribution in [2.75, 3.05) is 11.4 Å². The Morgan fingerprint density at radius 3 is 2.71 bits per heavy atom. The Morgan fingerprint density at radius 1 is 1.10 bits per heavy atom. The Morgan fingerprint density at radius 2 is 1.87 bits per heavy atom. The molecule has 3 aromatic carbocycles. The highest BCUT2D eigenvalue weighted by molar-refractivity contribution is 8.00. The van der Waals surface area contributed by atoms with Crippen molar-refractivity contribution in [3.8, 4) is 0 Å². The zero-order chi connectivity index (χ0) is 21.4. The summed E-state index contributed by atoms with van der Waals surface area (Å²) in [6.07, 6.45) is 0.907. The van der Waals surface area contributed by atoms with Crippen molar-refractivity contribution in [1.29, 1.82) is 0 Å². The number of nitrogens with zero attached hydrogens (tertiary/aromatic N) is 3. The summed E-state index contributed by atoms with van der Waals surface area (Å²) < 4.78 is 2.17. The predicted octanol–water partition coefficient (Wildman–Crippen LogP) is 5.81. The summed E-state index contributed by atoms with van der Waals surface area (Å²) in [5.41, 5.74) is 5.31. The molecular weight excluding hydrogens is 426 g/mol. The lowest BCUT2D eigenvalue weighted by atomic mass is 10.2. The van der Waals surface area contributed by atoms with E-state index in [1.165, 1.54) is 22.9 Å². The average Bonchev–Trinajstić information content (AvgIpc) is 3.35. The van der Waals surface area contributed by atoms with Gasteiger partial charge in [-0.3, -0.25) is 4.79 Å². The number of hydrogen-bond acceptors (Lipinski definition) is 3. The quantitative estimate of drug-likeness (QED) is 0.362. The fourth-order valence-electron chi connectivity index (χ4n) is 4.08. The van der Waals surface area contributed by atoms with Crippen LogP contribution in [0.3, 0.4) is 0 Å². The Balaban J connectivity index is 1.45. The van der Waals surface area contributed by atoms with Crippen molar-refractivity contribution in [3.63, 3.8) is 0 Å². The number of halogens is 1. The maximum Gasteiger partial charge on any atom is 0.240 e. The minimum absolute atomic E-state index is 0.117. The van der Waals surface area contributed by atoms with Crippen molar-refractivity contribution in [2.45, 2.75) is 30.3 Å². The van der Waals surface area contributed by atoms with Crippen LogP contribution in [0.1, 0.15) is 18.1 Å². The Kier molecular flexibility index (Phi) is 5.47. The number of aromatic nitrogens is 2. The fourth-order valence-corrected chi connectivity index (χ4v) is 5.24. The average molecular weight is 448 g/mol. The minimum atomic E-state index is -0.257. The maximum atomic E-state index is 13.3. The van der Waals surface area contributed by atoms with Crippen LogP contribution in [0.4, 0.5) is 5.69 Å². The highest BCUT2D eigenvalue weighted by Crippen LogP contribution is 2.33. The molecule has 0 bridgehead atoms. The lowest BCUT2D eigenvalue weighted by Gasteiger charge is -2.21. The molecule has 0 aliphatic carbocycles. The summed E-state index contributed by atoms with van der Waals surface area (Å²) in [7, 11) is 0. The van der Waals surface area contributed by atoms with Crippen LogP contribution in [0.5, 0.6) is 0 Å². The zero-order valence-electron chi connectivity index (χ0n) is 17.2. The van der Waals surface area contributed by atoms with E-state index >= 15 is 0 Å². The van der Waals surface area contributed by atoms with Crippen LogP contribution in [0.15, 0.2) is 78.0 Å². The zero-order valence-corrected chi connectivity index (χ0v) is 18.7. The molecule has 4 aromatic rings. The molecule has 0 saturated heterocycles. The van der Waals surface area contributed by atoms with Gasteiger partial charge in [0.25, 0.3) is 0 Å². The third-order valence-corrected chi connectivity index (χ3v) is 6.95. The molecule has 0 radical (unpaired) electrons. The molecule has 156 valence electrons. The summed E-state index contributed by atoms with van der Waals surface area (Å²) >= 11 is 7.72. The van der Waals surface area contributed by atoms with E-state index in [2.05, 4.69) is 22.8 Å². The number of rotatable bonds is 5. The van der Waals surface area contributed by atoms with Crippen LogP contribution in [0.25, 0.3) is 11.0 Å². The van der Waals surface area contributed by atoms with Gasteiger partial charge in [0.05, 0.1) is 22.8 Å². The van der Waals surface area contributed by atoms with E-state index in [4.69, 9.17) is 16.6 Å². The number of amides is 1. The van der Waals surface area contributed by atoms with E-state index in [1.54, 1.807) is 0 Å². The molecule has 31 heavy (non-hydrogen) atoms. The fraction of sp³-hybridized carbons (Fsp3) is 0.200. The molecule has 1 amide bonds. The molecule has 0 saturated carbocycles. The molecule has 1 aromatic heterocycles. The maximum absolute atomic E-state index is 13.3. The second-order valence-corrected chi connectivity index (χ2v) is 9.47.